The number of hydrogen-bond acceptors (Lipinski definition) is 6. The minimum absolute atomic E-state index is 0.0659. The van der Waals surface area contributed by atoms with Crippen molar-refractivity contribution >= 4 is 17.9 Å². The van der Waals surface area contributed by atoms with Crippen molar-refractivity contribution in [1.82, 2.24) is 0 Å². The van der Waals surface area contributed by atoms with E-state index in [1.165, 1.54) is 141 Å². The first-order chi connectivity index (χ1) is 26.6. The lowest BCUT2D eigenvalue weighted by Gasteiger charge is -2.18. The van der Waals surface area contributed by atoms with Crippen molar-refractivity contribution in [3.8, 4) is 0 Å². The summed E-state index contributed by atoms with van der Waals surface area (Å²) in [6.45, 7) is 13.6. The lowest BCUT2D eigenvalue weighted by molar-refractivity contribution is -0.167. The van der Waals surface area contributed by atoms with Crippen molar-refractivity contribution in [2.24, 2.45) is 17.8 Å². The molecule has 0 aromatic carbocycles. The average Bonchev–Trinajstić information content (AvgIpc) is 3.13. The molecule has 0 radical (unpaired) electrons. The minimum atomic E-state index is -0.762. The van der Waals surface area contributed by atoms with Gasteiger partial charge in [0.25, 0.3) is 0 Å². The lowest BCUT2D eigenvalue weighted by Crippen LogP contribution is -2.30. The Kier molecular flexibility index (Phi) is 39.4. The molecule has 0 heterocycles. The summed E-state index contributed by atoms with van der Waals surface area (Å²) in [7, 11) is 0. The molecule has 326 valence electrons. The van der Waals surface area contributed by atoms with Gasteiger partial charge in [0.05, 0.1) is 0 Å². The first kappa shape index (κ1) is 53.4. The second kappa shape index (κ2) is 40.6. The highest BCUT2D eigenvalue weighted by Gasteiger charge is 2.19. The van der Waals surface area contributed by atoms with Crippen LogP contribution in [-0.2, 0) is 28.6 Å². The standard InChI is InChI=1S/C49H94O6/c1-43(2)35-29-23-17-12-9-7-8-10-14-20-26-32-38-47(50)53-41-46(42-54-48(51)39-33-27-22-16-19-25-31-37-45(5)6)55-49(52)40-34-28-21-15-11-13-18-24-30-36-44(3)4/h43-46H,7-42H2,1-6H3/t46-/m1/s1. The number of esters is 3. The quantitative estimate of drug-likeness (QED) is 0.0349. The Morgan fingerprint density at radius 2 is 0.527 bits per heavy atom. The lowest BCUT2D eigenvalue weighted by atomic mass is 10.0. The van der Waals surface area contributed by atoms with E-state index in [1.54, 1.807) is 0 Å². The zero-order valence-electron chi connectivity index (χ0n) is 37.7. The van der Waals surface area contributed by atoms with Crippen LogP contribution >= 0.6 is 0 Å². The Labute approximate surface area is 342 Å². The van der Waals surface area contributed by atoms with Crippen LogP contribution in [0.15, 0.2) is 0 Å². The van der Waals surface area contributed by atoms with Crippen molar-refractivity contribution in [2.75, 3.05) is 13.2 Å². The molecular weight excluding hydrogens is 685 g/mol. The zero-order chi connectivity index (χ0) is 40.6. The summed E-state index contributed by atoms with van der Waals surface area (Å²) in [5.41, 5.74) is 0. The topological polar surface area (TPSA) is 78.9 Å². The maximum atomic E-state index is 12.7. The Morgan fingerprint density at radius 3 is 0.782 bits per heavy atom. The van der Waals surface area contributed by atoms with Gasteiger partial charge in [-0.2, -0.15) is 0 Å². The number of hydrogen-bond donors (Lipinski definition) is 0. The highest BCUT2D eigenvalue weighted by molar-refractivity contribution is 5.71. The molecule has 0 aliphatic rings. The van der Waals surface area contributed by atoms with Crippen LogP contribution in [0.3, 0.4) is 0 Å². The van der Waals surface area contributed by atoms with Gasteiger partial charge in [0.15, 0.2) is 6.10 Å². The molecule has 0 saturated heterocycles. The largest absolute Gasteiger partial charge is 0.462 e. The fourth-order valence-electron chi connectivity index (χ4n) is 7.23. The molecule has 0 aliphatic heterocycles. The molecule has 55 heavy (non-hydrogen) atoms. The number of unbranched alkanes of at least 4 members (excludes halogenated alkanes) is 25. The van der Waals surface area contributed by atoms with E-state index in [4.69, 9.17) is 14.2 Å². The van der Waals surface area contributed by atoms with Crippen LogP contribution in [0.4, 0.5) is 0 Å². The molecular formula is C49H94O6. The number of carbonyl (C=O) groups is 3. The maximum Gasteiger partial charge on any atom is 0.306 e. The van der Waals surface area contributed by atoms with Gasteiger partial charge in [-0.05, 0) is 37.0 Å². The SMILES string of the molecule is CC(C)CCCCCCCCCCCCCCC(=O)OC[C@H](COC(=O)CCCCCCCCCC(C)C)OC(=O)CCCCCCCCCCCC(C)C. The zero-order valence-corrected chi connectivity index (χ0v) is 37.7. The Balaban J connectivity index is 4.31. The van der Waals surface area contributed by atoms with Gasteiger partial charge in [0, 0.05) is 19.3 Å². The van der Waals surface area contributed by atoms with Gasteiger partial charge in [-0.15, -0.1) is 0 Å². The Hall–Kier alpha value is -1.59. The first-order valence-corrected chi connectivity index (χ1v) is 24.1. The third kappa shape index (κ3) is 43.4. The van der Waals surface area contributed by atoms with Crippen LogP contribution in [0, 0.1) is 17.8 Å². The first-order valence-electron chi connectivity index (χ1n) is 24.1. The van der Waals surface area contributed by atoms with Crippen molar-refractivity contribution in [1.29, 1.82) is 0 Å². The molecule has 0 spiro atoms. The van der Waals surface area contributed by atoms with E-state index in [1.807, 2.05) is 0 Å². The predicted molar refractivity (Wildman–Crippen MR) is 233 cm³/mol. The fourth-order valence-corrected chi connectivity index (χ4v) is 7.23. The van der Waals surface area contributed by atoms with E-state index < -0.39 is 6.10 Å². The third-order valence-corrected chi connectivity index (χ3v) is 10.9. The van der Waals surface area contributed by atoms with E-state index in [2.05, 4.69) is 41.5 Å². The van der Waals surface area contributed by atoms with Gasteiger partial charge in [-0.1, -0.05) is 221 Å². The summed E-state index contributed by atoms with van der Waals surface area (Å²) in [4.78, 5) is 37.8. The minimum Gasteiger partial charge on any atom is -0.462 e. The van der Waals surface area contributed by atoms with Crippen molar-refractivity contribution in [3.05, 3.63) is 0 Å². The molecule has 0 N–H and O–H groups in total. The van der Waals surface area contributed by atoms with Gasteiger partial charge in [0.1, 0.15) is 13.2 Å². The molecule has 0 saturated carbocycles. The highest BCUT2D eigenvalue weighted by atomic mass is 16.6. The molecule has 6 heteroatoms. The second-order valence-corrected chi connectivity index (χ2v) is 18.2. The Morgan fingerprint density at radius 1 is 0.309 bits per heavy atom. The summed E-state index contributed by atoms with van der Waals surface area (Å²) in [5, 5.41) is 0. The molecule has 0 aromatic heterocycles. The van der Waals surface area contributed by atoms with Crippen LogP contribution in [0.2, 0.25) is 0 Å². The molecule has 1 atom stereocenters. The summed E-state index contributed by atoms with van der Waals surface area (Å²) in [6.07, 6.45) is 38.1. The van der Waals surface area contributed by atoms with E-state index in [0.29, 0.717) is 19.3 Å². The van der Waals surface area contributed by atoms with Crippen molar-refractivity contribution in [3.63, 3.8) is 0 Å². The van der Waals surface area contributed by atoms with E-state index in [0.717, 1.165) is 75.5 Å². The van der Waals surface area contributed by atoms with Gasteiger partial charge < -0.3 is 14.2 Å². The molecule has 0 rings (SSSR count). The maximum absolute atomic E-state index is 12.7. The van der Waals surface area contributed by atoms with Crippen LogP contribution in [0.5, 0.6) is 0 Å². The number of carbonyl (C=O) groups excluding carboxylic acids is 3. The van der Waals surface area contributed by atoms with E-state index in [9.17, 15) is 14.4 Å². The second-order valence-electron chi connectivity index (χ2n) is 18.2. The highest BCUT2D eigenvalue weighted by Crippen LogP contribution is 2.17. The Bertz CT molecular complexity index is 852. The fraction of sp³-hybridized carbons (Fsp3) is 0.939. The molecule has 6 nitrogen and oxygen atoms in total. The van der Waals surface area contributed by atoms with Crippen LogP contribution in [-0.4, -0.2) is 37.2 Å². The van der Waals surface area contributed by atoms with Crippen molar-refractivity contribution < 1.29 is 28.6 Å². The molecule has 0 aromatic rings. The van der Waals surface area contributed by atoms with Crippen LogP contribution < -0.4 is 0 Å². The molecule has 0 bridgehead atoms. The number of ether oxygens (including phenoxy) is 3. The van der Waals surface area contributed by atoms with Gasteiger partial charge in [-0.3, -0.25) is 14.4 Å². The molecule has 0 aliphatic carbocycles. The van der Waals surface area contributed by atoms with Crippen LogP contribution in [0.1, 0.15) is 260 Å². The smallest absolute Gasteiger partial charge is 0.306 e. The predicted octanol–water partition coefficient (Wildman–Crippen LogP) is 15.2. The van der Waals surface area contributed by atoms with E-state index >= 15 is 0 Å². The van der Waals surface area contributed by atoms with Crippen molar-refractivity contribution in [2.45, 2.75) is 266 Å². The molecule has 0 fully saturated rings. The summed E-state index contributed by atoms with van der Waals surface area (Å²) < 4.78 is 16.7. The summed E-state index contributed by atoms with van der Waals surface area (Å²) in [6, 6.07) is 0. The number of rotatable bonds is 42. The van der Waals surface area contributed by atoms with Gasteiger partial charge in [0.2, 0.25) is 0 Å². The van der Waals surface area contributed by atoms with E-state index in [-0.39, 0.29) is 31.1 Å². The molecule has 0 amide bonds. The molecule has 0 unspecified atom stereocenters. The van der Waals surface area contributed by atoms with Gasteiger partial charge in [-0.25, -0.2) is 0 Å². The van der Waals surface area contributed by atoms with Crippen LogP contribution in [0.25, 0.3) is 0 Å². The summed E-state index contributed by atoms with van der Waals surface area (Å²) in [5.74, 6) is 1.56. The summed E-state index contributed by atoms with van der Waals surface area (Å²) >= 11 is 0. The third-order valence-electron chi connectivity index (χ3n) is 10.9. The normalized spacial score (nSPS) is 12.2. The average molecular weight is 779 g/mol. The van der Waals surface area contributed by atoms with Gasteiger partial charge >= 0.3 is 17.9 Å². The monoisotopic (exact) mass is 779 g/mol.